The first kappa shape index (κ1) is 55.3. The normalized spacial score (nSPS) is 22.2. The Hall–Kier alpha value is -5.98. The number of carbonyl (C=O) groups excluding carboxylic acids is 5. The number of likely N-dealkylation sites (tertiary alicyclic amines) is 2. The Morgan fingerprint density at radius 2 is 1.21 bits per heavy atom. The van der Waals surface area contributed by atoms with Crippen LogP contribution in [0.3, 0.4) is 0 Å². The maximum atomic E-state index is 16.5. The molecule has 75 heavy (non-hydrogen) atoms. The third kappa shape index (κ3) is 12.2. The lowest BCUT2D eigenvalue weighted by Gasteiger charge is -2.38. The van der Waals surface area contributed by atoms with Crippen LogP contribution in [-0.2, 0) is 49.3 Å². The number of rotatable bonds is 19. The van der Waals surface area contributed by atoms with Crippen molar-refractivity contribution in [3.63, 3.8) is 0 Å². The molecule has 0 bridgehead atoms. The van der Waals surface area contributed by atoms with Gasteiger partial charge in [0.05, 0.1) is 95.2 Å². The van der Waals surface area contributed by atoms with Crippen molar-refractivity contribution < 1.29 is 51.7 Å². The van der Waals surface area contributed by atoms with E-state index in [9.17, 15) is 24.0 Å². The number of ether oxygens (including phenoxy) is 4. The molecule has 0 spiro atoms. The molecular formula is C57H74F2N6O9Si. The van der Waals surface area contributed by atoms with Crippen molar-refractivity contribution in [2.45, 2.75) is 133 Å². The molecule has 404 valence electrons. The maximum absolute atomic E-state index is 16.5. The molecule has 4 aliphatic rings. The highest BCUT2D eigenvalue weighted by molar-refractivity contribution is 6.77. The second-order valence-corrected chi connectivity index (χ2v) is 27.0. The van der Waals surface area contributed by atoms with E-state index in [-0.39, 0.29) is 60.7 Å². The highest BCUT2D eigenvalue weighted by atomic mass is 28.3. The summed E-state index contributed by atoms with van der Waals surface area (Å²) in [5.74, 6) is -3.58. The van der Waals surface area contributed by atoms with Crippen LogP contribution in [-0.4, -0.2) is 130 Å². The highest BCUT2D eigenvalue weighted by Crippen LogP contribution is 2.49. The molecular weight excluding hydrogens is 979 g/mol. The number of aromatic amines is 1. The lowest BCUT2D eigenvalue weighted by molar-refractivity contribution is -0.151. The molecule has 1 aromatic heterocycles. The number of halogens is 2. The molecule has 1 unspecified atom stereocenters. The summed E-state index contributed by atoms with van der Waals surface area (Å²) in [4.78, 5) is 81.8. The topological polar surface area (TPSA) is 164 Å². The number of amides is 2. The number of hydrogen-bond donors (Lipinski definition) is 1. The number of Topliss-reactive ketones (excluding diaryl/α,β-unsaturated/α-hetero) is 1. The Kier molecular flexibility index (Phi) is 17.6. The third-order valence-electron chi connectivity index (χ3n) is 16.6. The van der Waals surface area contributed by atoms with Gasteiger partial charge in [0.25, 0.3) is 0 Å². The van der Waals surface area contributed by atoms with E-state index in [1.165, 1.54) is 40.6 Å². The number of H-pyrrole nitrogens is 1. The van der Waals surface area contributed by atoms with Gasteiger partial charge in [0.15, 0.2) is 17.4 Å². The summed E-state index contributed by atoms with van der Waals surface area (Å²) < 4.78 is 53.7. The quantitative estimate of drug-likeness (QED) is 0.0701. The summed E-state index contributed by atoms with van der Waals surface area (Å²) >= 11 is 0. The summed E-state index contributed by atoms with van der Waals surface area (Å²) in [7, 11) is 4.18. The van der Waals surface area contributed by atoms with Gasteiger partial charge in [0, 0.05) is 52.5 Å². The number of carbonyl (C=O) groups is 5. The number of aromatic nitrogens is 2. The van der Waals surface area contributed by atoms with Crippen molar-refractivity contribution in [3.05, 3.63) is 101 Å². The van der Waals surface area contributed by atoms with Gasteiger partial charge in [0.2, 0.25) is 11.8 Å². The molecule has 18 heteroatoms. The van der Waals surface area contributed by atoms with E-state index >= 15 is 8.78 Å². The van der Waals surface area contributed by atoms with E-state index in [1.54, 1.807) is 29.8 Å². The number of nitrogens with one attached hydrogen (secondary N) is 1. The first-order valence-electron chi connectivity index (χ1n) is 26.5. The minimum absolute atomic E-state index is 0.0261. The fraction of sp³-hybridized carbons (Fsp3) is 0.544. The molecule has 8 atom stereocenters. The predicted octanol–water partition coefficient (Wildman–Crippen LogP) is 9.16. The van der Waals surface area contributed by atoms with Crippen LogP contribution < -0.4 is 9.80 Å². The fourth-order valence-corrected chi connectivity index (χ4v) is 13.7. The van der Waals surface area contributed by atoms with Crippen LogP contribution in [0.4, 0.5) is 20.2 Å². The lowest BCUT2D eigenvalue weighted by atomic mass is 9.95. The molecule has 5 heterocycles. The van der Waals surface area contributed by atoms with Crippen molar-refractivity contribution in [1.82, 2.24) is 19.8 Å². The second-order valence-electron chi connectivity index (χ2n) is 21.6. The molecule has 15 nitrogen and oxygen atoms in total. The predicted molar refractivity (Wildman–Crippen MR) is 284 cm³/mol. The summed E-state index contributed by atoms with van der Waals surface area (Å²) in [6.45, 7) is 10.3. The smallest absolute Gasteiger partial charge is 0.306 e. The van der Waals surface area contributed by atoms with E-state index in [0.717, 1.165) is 46.5 Å². The van der Waals surface area contributed by atoms with E-state index < -0.39 is 61.7 Å². The third-order valence-corrected chi connectivity index (χ3v) is 19.7. The second kappa shape index (κ2) is 23.9. The van der Waals surface area contributed by atoms with Gasteiger partial charge in [-0.2, -0.15) is 0 Å². The minimum Gasteiger partial charge on any atom is -0.469 e. The number of imidazole rings is 1. The summed E-state index contributed by atoms with van der Waals surface area (Å²) in [5.41, 5.74) is 4.80. The number of methoxy groups -OCH3 is 4. The molecule has 0 radical (unpaired) electrons. The Morgan fingerprint density at radius 1 is 0.693 bits per heavy atom. The van der Waals surface area contributed by atoms with Crippen LogP contribution >= 0.6 is 0 Å². The molecule has 4 aromatic rings. The highest BCUT2D eigenvalue weighted by Gasteiger charge is 2.42. The molecule has 4 fully saturated rings. The van der Waals surface area contributed by atoms with Gasteiger partial charge >= 0.3 is 11.9 Å². The van der Waals surface area contributed by atoms with Crippen molar-refractivity contribution >= 4 is 49.0 Å². The number of anilines is 2. The molecule has 0 aliphatic carbocycles. The van der Waals surface area contributed by atoms with E-state index in [1.807, 2.05) is 53.4 Å². The van der Waals surface area contributed by atoms with Gasteiger partial charge in [-0.25, -0.2) is 13.8 Å². The first-order valence-corrected chi connectivity index (χ1v) is 30.0. The standard InChI is InChI=1S/C57H74F2N6O9Si/c1-35(71-3)42(32-52(67)73-5)56(69)63-23-9-11-49(63)51(66)29-37-13-15-39(16-14-37)47-21-22-48(65(47)41-30-44(58)54(45(59)31-41)62-25-27-75(7,8)28-26-62)40-19-17-38(18-20-40)46-34-60-55(61-46)50-12-10-24-64(50)57(70)43(36(2)72-4)33-53(68)74-6/h13-20,30-31,34-36,42-43,47-50H,9-12,21-29,32-33H2,1-8H3,(H,60,61)/t35-,36-,42+,43+,47-,48-,49?,50+/m1/s1. The van der Waals surface area contributed by atoms with Crippen molar-refractivity contribution in [2.75, 3.05) is 64.4 Å². The Balaban J connectivity index is 1.03. The van der Waals surface area contributed by atoms with Crippen LogP contribution in [0, 0.1) is 23.5 Å². The average Bonchev–Trinajstić information content (AvgIpc) is 4.27. The zero-order valence-electron chi connectivity index (χ0n) is 44.7. The van der Waals surface area contributed by atoms with Crippen molar-refractivity contribution in [3.8, 4) is 11.3 Å². The SMILES string of the molecule is COC(=O)C[C@H](C(=O)N1CCCC1C(=O)Cc1ccc([C@H]2CC[C@H](c3ccc(-c4cnc([C@@H]5CCCN5C(=O)[C@@H](CC(=O)OC)[C@@H](C)OC)[nH]4)cc3)N2c2cc(F)c(N3CC[Si](C)(C)CC3)c(F)c2)cc1)[C@@H](C)OC. The largest absolute Gasteiger partial charge is 0.469 e. The minimum atomic E-state index is -1.41. The van der Waals surface area contributed by atoms with Crippen LogP contribution in [0.5, 0.6) is 0 Å². The molecule has 1 N–H and O–H groups in total. The van der Waals surface area contributed by atoms with Crippen molar-refractivity contribution in [1.29, 1.82) is 0 Å². The summed E-state index contributed by atoms with van der Waals surface area (Å²) in [5, 5.41) is 0. The van der Waals surface area contributed by atoms with Crippen LogP contribution in [0.1, 0.15) is 106 Å². The monoisotopic (exact) mass is 1050 g/mol. The molecule has 0 saturated carbocycles. The Labute approximate surface area is 440 Å². The molecule has 3 aromatic carbocycles. The van der Waals surface area contributed by atoms with Crippen LogP contribution in [0.15, 0.2) is 66.9 Å². The molecule has 8 rings (SSSR count). The number of hydrogen-bond acceptors (Lipinski definition) is 12. The van der Waals surface area contributed by atoms with Crippen LogP contribution in [0.25, 0.3) is 11.3 Å². The van der Waals surface area contributed by atoms with E-state index in [2.05, 4.69) is 23.0 Å². The average molecular weight is 1050 g/mol. The Bertz CT molecular complexity index is 2650. The van der Waals surface area contributed by atoms with Gasteiger partial charge in [-0.1, -0.05) is 61.6 Å². The summed E-state index contributed by atoms with van der Waals surface area (Å²) in [6, 6.07) is 19.4. The zero-order chi connectivity index (χ0) is 53.7. The van der Waals surface area contributed by atoms with E-state index in [4.69, 9.17) is 23.9 Å². The summed E-state index contributed by atoms with van der Waals surface area (Å²) in [6.07, 6.45) is 4.66. The molecule has 4 saturated heterocycles. The van der Waals surface area contributed by atoms with Gasteiger partial charge in [-0.3, -0.25) is 24.0 Å². The number of nitrogens with zero attached hydrogens (tertiary/aromatic N) is 5. The van der Waals surface area contributed by atoms with E-state index in [0.29, 0.717) is 69.8 Å². The first-order chi connectivity index (χ1) is 35.9. The number of ketones is 1. The van der Waals surface area contributed by atoms with Crippen molar-refractivity contribution in [2.24, 2.45) is 11.8 Å². The number of benzene rings is 3. The van der Waals surface area contributed by atoms with Crippen LogP contribution in [0.2, 0.25) is 25.2 Å². The Morgan fingerprint density at radius 3 is 1.76 bits per heavy atom. The van der Waals surface area contributed by atoms with Gasteiger partial charge < -0.3 is 43.5 Å². The van der Waals surface area contributed by atoms with Gasteiger partial charge in [-0.05, 0) is 98.8 Å². The maximum Gasteiger partial charge on any atom is 0.306 e. The molecule has 2 amide bonds. The zero-order valence-corrected chi connectivity index (χ0v) is 45.7. The van der Waals surface area contributed by atoms with Gasteiger partial charge in [0.1, 0.15) is 11.5 Å². The lowest BCUT2D eigenvalue weighted by Crippen LogP contribution is -2.47. The molecule has 4 aliphatic heterocycles. The van der Waals surface area contributed by atoms with Gasteiger partial charge in [-0.15, -0.1) is 0 Å². The fourth-order valence-electron chi connectivity index (χ4n) is 11.7. The number of esters is 2.